The predicted octanol–water partition coefficient (Wildman–Crippen LogP) is -1.74. The van der Waals surface area contributed by atoms with E-state index < -0.39 is 10.4 Å². The van der Waals surface area contributed by atoms with Gasteiger partial charge in [0.05, 0.1) is 0 Å². The molecule has 2 N–H and O–H groups in total. The molecule has 0 saturated heterocycles. The first-order chi connectivity index (χ1) is 5.00. The topological polar surface area (TPSA) is 74.6 Å². The molecule has 0 aliphatic rings. The summed E-state index contributed by atoms with van der Waals surface area (Å²) in [6.45, 7) is 0. The van der Waals surface area contributed by atoms with Crippen molar-refractivity contribution >= 4 is 23.9 Å². The number of rotatable bonds is 0. The Balaban J connectivity index is -0.0000000597. The van der Waals surface area contributed by atoms with Gasteiger partial charge < -0.3 is 1.43 Å². The number of hydrogen-bond donors (Lipinski definition) is 2. The van der Waals surface area contributed by atoms with Crippen molar-refractivity contribution in [3.8, 4) is 0 Å². The van der Waals surface area contributed by atoms with Gasteiger partial charge >= 0.3 is 40.0 Å². The van der Waals surface area contributed by atoms with Crippen LogP contribution in [0.3, 0.4) is 0 Å². The first kappa shape index (κ1) is 19.1. The molecule has 0 amide bonds. The Kier molecular flexibility index (Phi) is 15.4. The molecule has 0 radical (unpaired) electrons. The third-order valence-electron chi connectivity index (χ3n) is 0.667. The summed E-state index contributed by atoms with van der Waals surface area (Å²) in [6.07, 6.45) is 0. The van der Waals surface area contributed by atoms with Crippen LogP contribution >= 0.6 is 13.5 Å². The Hall–Kier alpha value is 0.440. The standard InChI is InChI=1S/C6H6.Na.H2O4S.H2S.H/c1-2-4-6-5-3-1;;1-5(2,3)4;;/h1-6H;;(H2,1,2,3,4);1H2;/q;+1;;;-1. The second-order valence-corrected chi connectivity index (χ2v) is 2.50. The average Bonchev–Trinajstić information content (AvgIpc) is 1.88. The normalized spacial score (nSPS) is 8.15. The zero-order valence-corrected chi connectivity index (χ0v) is 10.9. The molecule has 0 spiro atoms. The minimum Gasteiger partial charge on any atom is -1.00 e. The molecule has 0 saturated carbocycles. The fourth-order valence-electron chi connectivity index (χ4n) is 0.385. The zero-order chi connectivity index (χ0) is 8.74. The summed E-state index contributed by atoms with van der Waals surface area (Å²) >= 11 is 0. The first-order valence-electron chi connectivity index (χ1n) is 2.70. The van der Waals surface area contributed by atoms with E-state index in [2.05, 4.69) is 0 Å². The van der Waals surface area contributed by atoms with Crippen LogP contribution in [0.5, 0.6) is 0 Å². The van der Waals surface area contributed by atoms with Gasteiger partial charge in [-0.1, -0.05) is 36.4 Å². The summed E-state index contributed by atoms with van der Waals surface area (Å²) in [5, 5.41) is 0. The van der Waals surface area contributed by atoms with Crippen LogP contribution in [0.1, 0.15) is 1.43 Å². The molecule has 0 fully saturated rings. The van der Waals surface area contributed by atoms with E-state index in [9.17, 15) is 0 Å². The molecule has 0 aromatic heterocycles. The molecule has 7 heteroatoms. The number of hydrogen-bond acceptors (Lipinski definition) is 2. The number of benzene rings is 1. The van der Waals surface area contributed by atoms with E-state index in [1.807, 2.05) is 36.4 Å². The molecule has 0 aliphatic carbocycles. The van der Waals surface area contributed by atoms with Crippen LogP contribution < -0.4 is 29.6 Å². The van der Waals surface area contributed by atoms with Crippen molar-refractivity contribution < 1.29 is 48.5 Å². The van der Waals surface area contributed by atoms with Gasteiger partial charge in [0.2, 0.25) is 0 Å². The summed E-state index contributed by atoms with van der Waals surface area (Å²) in [5.41, 5.74) is 0. The second kappa shape index (κ2) is 10.5. The van der Waals surface area contributed by atoms with Crippen LogP contribution in [-0.2, 0) is 10.4 Å². The average molecular weight is 234 g/mol. The van der Waals surface area contributed by atoms with E-state index in [0.717, 1.165) is 0 Å². The van der Waals surface area contributed by atoms with Crippen molar-refractivity contribution in [2.45, 2.75) is 0 Å². The van der Waals surface area contributed by atoms with Crippen LogP contribution in [-0.4, -0.2) is 17.5 Å². The van der Waals surface area contributed by atoms with Crippen molar-refractivity contribution in [2.24, 2.45) is 0 Å². The maximum absolute atomic E-state index is 8.74. The monoisotopic (exact) mass is 234 g/mol. The van der Waals surface area contributed by atoms with Gasteiger partial charge in [0, 0.05) is 0 Å². The van der Waals surface area contributed by atoms with Gasteiger partial charge in [0.25, 0.3) is 0 Å². The van der Waals surface area contributed by atoms with E-state index in [1.165, 1.54) is 0 Å². The largest absolute Gasteiger partial charge is 1.00 e. The maximum atomic E-state index is 8.74. The van der Waals surface area contributed by atoms with E-state index in [4.69, 9.17) is 17.5 Å². The third kappa shape index (κ3) is 32.7. The zero-order valence-electron chi connectivity index (χ0n) is 8.08. The van der Waals surface area contributed by atoms with Gasteiger partial charge in [-0.25, -0.2) is 0 Å². The van der Waals surface area contributed by atoms with E-state index >= 15 is 0 Å². The van der Waals surface area contributed by atoms with Gasteiger partial charge in [-0.05, 0) is 0 Å². The summed E-state index contributed by atoms with van der Waals surface area (Å²) < 4.78 is 31.6. The fourth-order valence-corrected chi connectivity index (χ4v) is 0.385. The third-order valence-corrected chi connectivity index (χ3v) is 0.667. The molecule has 0 aliphatic heterocycles. The Morgan fingerprint density at radius 3 is 1.00 bits per heavy atom. The van der Waals surface area contributed by atoms with Crippen LogP contribution in [0.2, 0.25) is 0 Å². The minimum atomic E-state index is -4.67. The van der Waals surface area contributed by atoms with Crippen molar-refractivity contribution in [1.29, 1.82) is 0 Å². The summed E-state index contributed by atoms with van der Waals surface area (Å²) in [5.74, 6) is 0. The van der Waals surface area contributed by atoms with Crippen LogP contribution in [0.25, 0.3) is 0 Å². The SMILES string of the molecule is O=S(=O)(O)O.S.[H-].[Na+].c1ccccc1. The molecule has 1 aromatic carbocycles. The molecule has 0 unspecified atom stereocenters. The van der Waals surface area contributed by atoms with Gasteiger partial charge in [-0.15, -0.1) is 0 Å². The van der Waals surface area contributed by atoms with Gasteiger partial charge in [-0.3, -0.25) is 9.11 Å². The molecule has 0 heterocycles. The minimum absolute atomic E-state index is 0. The van der Waals surface area contributed by atoms with Gasteiger partial charge in [-0.2, -0.15) is 21.9 Å². The fraction of sp³-hybridized carbons (Fsp3) is 0. The summed E-state index contributed by atoms with van der Waals surface area (Å²) in [7, 11) is -4.67. The summed E-state index contributed by atoms with van der Waals surface area (Å²) in [6, 6.07) is 12.0. The van der Waals surface area contributed by atoms with Crippen molar-refractivity contribution in [1.82, 2.24) is 0 Å². The maximum Gasteiger partial charge on any atom is 1.00 e. The van der Waals surface area contributed by atoms with Crippen LogP contribution in [0.15, 0.2) is 36.4 Å². The Morgan fingerprint density at radius 2 is 0.923 bits per heavy atom. The Bertz CT molecular complexity index is 244. The molecule has 0 bridgehead atoms. The van der Waals surface area contributed by atoms with Crippen molar-refractivity contribution in [2.75, 3.05) is 0 Å². The Morgan fingerprint density at radius 1 is 0.846 bits per heavy atom. The molecule has 4 nitrogen and oxygen atoms in total. The molecule has 0 atom stereocenters. The predicted molar refractivity (Wildman–Crippen MR) is 52.1 cm³/mol. The first-order valence-corrected chi connectivity index (χ1v) is 4.10. The van der Waals surface area contributed by atoms with Crippen LogP contribution in [0.4, 0.5) is 0 Å². The van der Waals surface area contributed by atoms with E-state index in [1.54, 1.807) is 0 Å². The Labute approximate surface area is 108 Å². The van der Waals surface area contributed by atoms with Gasteiger partial charge in [0.15, 0.2) is 0 Å². The summed E-state index contributed by atoms with van der Waals surface area (Å²) in [4.78, 5) is 0. The molecular weight excluding hydrogens is 223 g/mol. The van der Waals surface area contributed by atoms with Crippen molar-refractivity contribution in [3.05, 3.63) is 36.4 Å². The molecule has 1 aromatic rings. The second-order valence-electron chi connectivity index (χ2n) is 1.60. The molecule has 13 heavy (non-hydrogen) atoms. The van der Waals surface area contributed by atoms with Crippen molar-refractivity contribution in [3.63, 3.8) is 0 Å². The molecule has 1 rings (SSSR count). The van der Waals surface area contributed by atoms with E-state index in [-0.39, 0.29) is 44.5 Å². The smallest absolute Gasteiger partial charge is 1.00 e. The van der Waals surface area contributed by atoms with Crippen LogP contribution in [0, 0.1) is 0 Å². The van der Waals surface area contributed by atoms with E-state index in [0.29, 0.717) is 0 Å². The molecule has 72 valence electrons. The van der Waals surface area contributed by atoms with Gasteiger partial charge in [0.1, 0.15) is 0 Å². The quantitative estimate of drug-likeness (QED) is 0.413. The molecular formula is C6H11NaO4S2.